The van der Waals surface area contributed by atoms with Crippen LogP contribution in [-0.4, -0.2) is 10.2 Å². The Bertz CT molecular complexity index is 1170. The minimum absolute atomic E-state index is 0.657. The molecule has 4 atom stereocenters. The van der Waals surface area contributed by atoms with E-state index in [9.17, 15) is 10.2 Å². The molecule has 32 heavy (non-hydrogen) atoms. The SMILES string of the molecule is O[C@@H]1c2ccccc2[C@@]2(Cc3ccccc3)[C@H](O)c3ccccc3[C@@]12Cc1ccccc1. The fourth-order valence-electron chi connectivity index (χ4n) is 6.61. The molecule has 2 N–H and O–H groups in total. The predicted octanol–water partition coefficient (Wildman–Crippen LogP) is 5.44. The van der Waals surface area contributed by atoms with E-state index in [2.05, 4.69) is 60.7 Å². The molecule has 0 spiro atoms. The summed E-state index contributed by atoms with van der Waals surface area (Å²) in [5.41, 5.74) is 5.02. The molecule has 0 fully saturated rings. The summed E-state index contributed by atoms with van der Waals surface area (Å²) in [7, 11) is 0. The highest BCUT2D eigenvalue weighted by molar-refractivity contribution is 5.63. The third-order valence-corrected chi connectivity index (χ3v) is 7.85. The summed E-state index contributed by atoms with van der Waals surface area (Å²) in [6.45, 7) is 0. The van der Waals surface area contributed by atoms with Gasteiger partial charge in [0.25, 0.3) is 0 Å². The van der Waals surface area contributed by atoms with E-state index in [1.807, 2.05) is 48.5 Å². The van der Waals surface area contributed by atoms with Crippen molar-refractivity contribution in [1.29, 1.82) is 0 Å². The summed E-state index contributed by atoms with van der Waals surface area (Å²) >= 11 is 0. The molecule has 2 heteroatoms. The van der Waals surface area contributed by atoms with E-state index in [0.29, 0.717) is 12.8 Å². The highest BCUT2D eigenvalue weighted by Crippen LogP contribution is 2.70. The number of hydrogen-bond acceptors (Lipinski definition) is 2. The van der Waals surface area contributed by atoms with Gasteiger partial charge >= 0.3 is 0 Å². The zero-order valence-electron chi connectivity index (χ0n) is 17.9. The second-order valence-corrected chi connectivity index (χ2v) is 9.25. The quantitative estimate of drug-likeness (QED) is 0.463. The lowest BCUT2D eigenvalue weighted by molar-refractivity contribution is -0.00484. The highest BCUT2D eigenvalue weighted by Gasteiger charge is 2.70. The Morgan fingerprint density at radius 3 is 1.22 bits per heavy atom. The molecule has 0 radical (unpaired) electrons. The first kappa shape index (κ1) is 19.5. The van der Waals surface area contributed by atoms with Crippen molar-refractivity contribution in [2.45, 2.75) is 35.9 Å². The number of aliphatic hydroxyl groups excluding tert-OH is 2. The topological polar surface area (TPSA) is 40.5 Å². The van der Waals surface area contributed by atoms with Crippen LogP contribution in [0.25, 0.3) is 0 Å². The van der Waals surface area contributed by atoms with E-state index in [-0.39, 0.29) is 0 Å². The van der Waals surface area contributed by atoms with Crippen LogP contribution in [0.4, 0.5) is 0 Å². The molecule has 0 saturated heterocycles. The molecule has 0 bridgehead atoms. The van der Waals surface area contributed by atoms with Crippen molar-refractivity contribution in [2.24, 2.45) is 0 Å². The predicted molar refractivity (Wildman–Crippen MR) is 126 cm³/mol. The van der Waals surface area contributed by atoms with Gasteiger partial charge in [-0.25, -0.2) is 0 Å². The number of fused-ring (bicyclic) bond motifs is 5. The summed E-state index contributed by atoms with van der Waals surface area (Å²) in [6, 6.07) is 37.1. The zero-order valence-corrected chi connectivity index (χ0v) is 17.9. The van der Waals surface area contributed by atoms with Gasteiger partial charge in [0.15, 0.2) is 0 Å². The molecule has 0 amide bonds. The Morgan fingerprint density at radius 1 is 0.469 bits per heavy atom. The average molecular weight is 419 g/mol. The van der Waals surface area contributed by atoms with Gasteiger partial charge in [-0.3, -0.25) is 0 Å². The van der Waals surface area contributed by atoms with Crippen LogP contribution >= 0.6 is 0 Å². The largest absolute Gasteiger partial charge is 0.387 e. The van der Waals surface area contributed by atoms with Crippen LogP contribution in [-0.2, 0) is 23.7 Å². The highest BCUT2D eigenvalue weighted by atomic mass is 16.3. The van der Waals surface area contributed by atoms with Gasteiger partial charge in [0, 0.05) is 10.8 Å². The Labute approximate surface area is 188 Å². The van der Waals surface area contributed by atoms with Gasteiger partial charge in [0.2, 0.25) is 0 Å². The first-order valence-electron chi connectivity index (χ1n) is 11.3. The second-order valence-electron chi connectivity index (χ2n) is 9.25. The average Bonchev–Trinajstić information content (AvgIpc) is 3.18. The van der Waals surface area contributed by atoms with Gasteiger partial charge in [-0.05, 0) is 46.2 Å². The maximum absolute atomic E-state index is 12.1. The molecular weight excluding hydrogens is 392 g/mol. The lowest BCUT2D eigenvalue weighted by Gasteiger charge is -2.46. The Balaban J connectivity index is 1.68. The van der Waals surface area contributed by atoms with Gasteiger partial charge in [0.1, 0.15) is 0 Å². The van der Waals surface area contributed by atoms with Gasteiger partial charge < -0.3 is 10.2 Å². The first-order chi connectivity index (χ1) is 15.7. The Morgan fingerprint density at radius 2 is 0.812 bits per heavy atom. The minimum atomic E-state index is -0.707. The molecule has 4 aromatic carbocycles. The van der Waals surface area contributed by atoms with Crippen molar-refractivity contribution >= 4 is 0 Å². The maximum atomic E-state index is 12.1. The van der Waals surface area contributed by atoms with Crippen LogP contribution in [0.1, 0.15) is 45.6 Å². The molecule has 2 aliphatic carbocycles. The molecule has 0 aromatic heterocycles. The van der Waals surface area contributed by atoms with Crippen LogP contribution in [0, 0.1) is 0 Å². The van der Waals surface area contributed by atoms with Gasteiger partial charge in [-0.2, -0.15) is 0 Å². The van der Waals surface area contributed by atoms with Crippen molar-refractivity contribution < 1.29 is 10.2 Å². The van der Waals surface area contributed by atoms with Crippen molar-refractivity contribution in [3.05, 3.63) is 143 Å². The van der Waals surface area contributed by atoms with Crippen LogP contribution in [0.5, 0.6) is 0 Å². The molecule has 2 nitrogen and oxygen atoms in total. The molecule has 0 saturated carbocycles. The molecule has 0 heterocycles. The molecule has 4 aromatic rings. The van der Waals surface area contributed by atoms with Gasteiger partial charge in [-0.1, -0.05) is 109 Å². The van der Waals surface area contributed by atoms with E-state index >= 15 is 0 Å². The van der Waals surface area contributed by atoms with Crippen LogP contribution in [0.3, 0.4) is 0 Å². The summed E-state index contributed by atoms with van der Waals surface area (Å²) in [5, 5.41) is 24.1. The van der Waals surface area contributed by atoms with Gasteiger partial charge in [0.05, 0.1) is 12.2 Å². The van der Waals surface area contributed by atoms with Crippen molar-refractivity contribution in [3.8, 4) is 0 Å². The molecule has 2 aliphatic rings. The number of rotatable bonds is 4. The summed E-state index contributed by atoms with van der Waals surface area (Å²) in [6.07, 6.45) is -0.100. The first-order valence-corrected chi connectivity index (χ1v) is 11.3. The number of aliphatic hydroxyl groups is 2. The second kappa shape index (κ2) is 7.16. The minimum Gasteiger partial charge on any atom is -0.387 e. The van der Waals surface area contributed by atoms with Crippen molar-refractivity contribution in [2.75, 3.05) is 0 Å². The standard InChI is InChI=1S/C30H26O2/c31-27-24-16-8-10-18-26(24)30(20-22-13-5-2-6-14-22)28(32)23-15-7-9-17-25(23)29(27,30)19-21-11-3-1-4-12-21/h1-18,27-28,31-32H,19-20H2/t27-,28-,29+,30+/m1/s1. The molecular formula is C30H26O2. The van der Waals surface area contributed by atoms with Gasteiger partial charge in [-0.15, -0.1) is 0 Å². The lowest BCUT2D eigenvalue weighted by Crippen LogP contribution is -2.50. The molecule has 0 unspecified atom stereocenters. The fourth-order valence-corrected chi connectivity index (χ4v) is 6.61. The normalized spacial score (nSPS) is 27.6. The van der Waals surface area contributed by atoms with E-state index in [1.165, 1.54) is 11.1 Å². The van der Waals surface area contributed by atoms with Crippen molar-refractivity contribution in [1.82, 2.24) is 0 Å². The molecule has 0 aliphatic heterocycles. The third-order valence-electron chi connectivity index (χ3n) is 7.85. The summed E-state index contributed by atoms with van der Waals surface area (Å²) in [5.74, 6) is 0. The third kappa shape index (κ3) is 2.42. The van der Waals surface area contributed by atoms with Crippen LogP contribution < -0.4 is 0 Å². The lowest BCUT2D eigenvalue weighted by atomic mass is 9.57. The Kier molecular flexibility index (Phi) is 4.36. The monoisotopic (exact) mass is 418 g/mol. The molecule has 158 valence electrons. The Hall–Kier alpha value is -3.20. The van der Waals surface area contributed by atoms with E-state index in [0.717, 1.165) is 22.3 Å². The van der Waals surface area contributed by atoms with Crippen molar-refractivity contribution in [3.63, 3.8) is 0 Å². The molecule has 6 rings (SSSR count). The van der Waals surface area contributed by atoms with E-state index in [1.54, 1.807) is 0 Å². The number of hydrogen-bond donors (Lipinski definition) is 2. The fraction of sp³-hybridized carbons (Fsp3) is 0.200. The number of benzene rings is 4. The summed E-state index contributed by atoms with van der Waals surface area (Å²) < 4.78 is 0. The van der Waals surface area contributed by atoms with E-state index in [4.69, 9.17) is 0 Å². The van der Waals surface area contributed by atoms with Crippen LogP contribution in [0.2, 0.25) is 0 Å². The smallest absolute Gasteiger partial charge is 0.0902 e. The maximum Gasteiger partial charge on any atom is 0.0902 e. The summed E-state index contributed by atoms with van der Waals surface area (Å²) in [4.78, 5) is 0. The van der Waals surface area contributed by atoms with Crippen LogP contribution in [0.15, 0.2) is 109 Å². The zero-order chi connectivity index (χ0) is 21.8. The van der Waals surface area contributed by atoms with E-state index < -0.39 is 23.0 Å².